The van der Waals surface area contributed by atoms with Crippen LogP contribution < -0.4 is 5.32 Å². The number of aliphatic hydroxyl groups is 1. The average Bonchev–Trinajstić information content (AvgIpc) is 2.61. The Labute approximate surface area is 91.0 Å². The lowest BCUT2D eigenvalue weighted by molar-refractivity contribution is -0.126. The Kier molecular flexibility index (Phi) is 5.05. The van der Waals surface area contributed by atoms with E-state index in [9.17, 15) is 4.79 Å². The molecule has 0 radical (unpaired) electrons. The van der Waals surface area contributed by atoms with E-state index < -0.39 is 0 Å². The molecule has 88 valence electrons. The van der Waals surface area contributed by atoms with Crippen LogP contribution in [0.2, 0.25) is 0 Å². The second-order valence-corrected chi connectivity index (χ2v) is 4.33. The third-order valence-corrected chi connectivity index (χ3v) is 2.96. The number of carbonyl (C=O) groups excluding carboxylic acids is 1. The van der Waals surface area contributed by atoms with E-state index in [1.54, 1.807) is 0 Å². The van der Waals surface area contributed by atoms with E-state index in [2.05, 4.69) is 5.32 Å². The van der Waals surface area contributed by atoms with E-state index in [-0.39, 0.29) is 24.5 Å². The largest absolute Gasteiger partial charge is 0.396 e. The summed E-state index contributed by atoms with van der Waals surface area (Å²) in [6.45, 7) is 5.47. The van der Waals surface area contributed by atoms with Gasteiger partial charge in [-0.1, -0.05) is 6.92 Å². The Morgan fingerprint density at radius 1 is 1.67 bits per heavy atom. The fourth-order valence-corrected chi connectivity index (χ4v) is 1.80. The van der Waals surface area contributed by atoms with Gasteiger partial charge in [-0.25, -0.2) is 0 Å². The van der Waals surface area contributed by atoms with E-state index >= 15 is 0 Å². The topological polar surface area (TPSA) is 58.6 Å². The van der Waals surface area contributed by atoms with E-state index in [0.29, 0.717) is 19.1 Å². The zero-order valence-electron chi connectivity index (χ0n) is 9.53. The molecule has 1 fully saturated rings. The van der Waals surface area contributed by atoms with Gasteiger partial charge in [0.1, 0.15) is 0 Å². The minimum absolute atomic E-state index is 0.00586. The summed E-state index contributed by atoms with van der Waals surface area (Å²) in [7, 11) is 0. The number of amides is 1. The Bertz CT molecular complexity index is 208. The molecule has 0 aromatic rings. The van der Waals surface area contributed by atoms with Crippen molar-refractivity contribution in [1.29, 1.82) is 0 Å². The summed E-state index contributed by atoms with van der Waals surface area (Å²) in [5.41, 5.74) is 0. The first-order valence-corrected chi connectivity index (χ1v) is 5.65. The molecule has 0 aliphatic carbocycles. The second-order valence-electron chi connectivity index (χ2n) is 4.33. The highest BCUT2D eigenvalue weighted by molar-refractivity contribution is 5.79. The lowest BCUT2D eigenvalue weighted by Crippen LogP contribution is -2.36. The van der Waals surface area contributed by atoms with Gasteiger partial charge in [-0.3, -0.25) is 4.79 Å². The molecule has 4 nitrogen and oxygen atoms in total. The third kappa shape index (κ3) is 3.80. The molecule has 3 atom stereocenters. The van der Waals surface area contributed by atoms with Crippen molar-refractivity contribution in [3.63, 3.8) is 0 Å². The fraction of sp³-hybridized carbons (Fsp3) is 0.909. The highest BCUT2D eigenvalue weighted by Crippen LogP contribution is 2.20. The fourth-order valence-electron chi connectivity index (χ4n) is 1.80. The van der Waals surface area contributed by atoms with Crippen LogP contribution in [0.5, 0.6) is 0 Å². The van der Waals surface area contributed by atoms with Crippen molar-refractivity contribution in [1.82, 2.24) is 5.32 Å². The van der Waals surface area contributed by atoms with Gasteiger partial charge >= 0.3 is 0 Å². The maximum absolute atomic E-state index is 11.7. The molecule has 1 saturated heterocycles. The third-order valence-electron chi connectivity index (χ3n) is 2.96. The van der Waals surface area contributed by atoms with Gasteiger partial charge in [-0.2, -0.15) is 0 Å². The molecular weight excluding hydrogens is 194 g/mol. The van der Waals surface area contributed by atoms with Crippen molar-refractivity contribution in [3.05, 3.63) is 0 Å². The summed E-state index contributed by atoms with van der Waals surface area (Å²) < 4.78 is 5.34. The molecule has 0 spiro atoms. The summed E-state index contributed by atoms with van der Waals surface area (Å²) in [6, 6.07) is 0. The SMILES string of the molecule is CC(CCO)CNC(=O)C1CCOC1C. The summed E-state index contributed by atoms with van der Waals surface area (Å²) in [6.07, 6.45) is 1.59. The van der Waals surface area contributed by atoms with Crippen LogP contribution in [0.3, 0.4) is 0 Å². The molecule has 1 amide bonds. The number of aliphatic hydroxyl groups excluding tert-OH is 1. The minimum atomic E-state index is 0.00586. The predicted molar refractivity (Wildman–Crippen MR) is 57.4 cm³/mol. The average molecular weight is 215 g/mol. The van der Waals surface area contributed by atoms with Crippen LogP contribution in [-0.4, -0.2) is 36.9 Å². The number of hydrogen-bond donors (Lipinski definition) is 2. The van der Waals surface area contributed by atoms with E-state index in [1.807, 2.05) is 13.8 Å². The maximum atomic E-state index is 11.7. The van der Waals surface area contributed by atoms with Crippen molar-refractivity contribution in [2.24, 2.45) is 11.8 Å². The molecule has 0 aromatic heterocycles. The van der Waals surface area contributed by atoms with E-state index in [1.165, 1.54) is 0 Å². The van der Waals surface area contributed by atoms with Crippen molar-refractivity contribution >= 4 is 5.91 Å². The summed E-state index contributed by atoms with van der Waals surface area (Å²) in [5.74, 6) is 0.424. The van der Waals surface area contributed by atoms with Gasteiger partial charge in [0.15, 0.2) is 0 Å². The molecule has 0 saturated carbocycles. The first-order valence-electron chi connectivity index (χ1n) is 5.65. The van der Waals surface area contributed by atoms with Crippen LogP contribution >= 0.6 is 0 Å². The van der Waals surface area contributed by atoms with Crippen LogP contribution in [0.25, 0.3) is 0 Å². The maximum Gasteiger partial charge on any atom is 0.225 e. The van der Waals surface area contributed by atoms with Crippen LogP contribution in [0.1, 0.15) is 26.7 Å². The van der Waals surface area contributed by atoms with Gasteiger partial charge in [0.2, 0.25) is 5.91 Å². The van der Waals surface area contributed by atoms with Crippen molar-refractivity contribution in [2.75, 3.05) is 19.8 Å². The highest BCUT2D eigenvalue weighted by Gasteiger charge is 2.30. The molecule has 3 unspecified atom stereocenters. The first kappa shape index (κ1) is 12.5. The zero-order valence-corrected chi connectivity index (χ0v) is 9.53. The number of rotatable bonds is 5. The van der Waals surface area contributed by atoms with E-state index in [4.69, 9.17) is 9.84 Å². The quantitative estimate of drug-likeness (QED) is 0.704. The Morgan fingerprint density at radius 3 is 2.93 bits per heavy atom. The Balaban J connectivity index is 2.23. The van der Waals surface area contributed by atoms with Gasteiger partial charge < -0.3 is 15.2 Å². The Hall–Kier alpha value is -0.610. The minimum Gasteiger partial charge on any atom is -0.396 e. The summed E-state index contributed by atoms with van der Waals surface area (Å²) in [4.78, 5) is 11.7. The number of carbonyl (C=O) groups is 1. The molecule has 4 heteroatoms. The van der Waals surface area contributed by atoms with Crippen LogP contribution in [0, 0.1) is 11.8 Å². The molecule has 0 bridgehead atoms. The van der Waals surface area contributed by atoms with Crippen molar-refractivity contribution < 1.29 is 14.6 Å². The molecule has 1 aliphatic rings. The van der Waals surface area contributed by atoms with Crippen molar-refractivity contribution in [2.45, 2.75) is 32.8 Å². The first-order chi connectivity index (χ1) is 7.15. The summed E-state index contributed by atoms with van der Waals surface area (Å²) >= 11 is 0. The van der Waals surface area contributed by atoms with E-state index in [0.717, 1.165) is 12.8 Å². The number of hydrogen-bond acceptors (Lipinski definition) is 3. The van der Waals surface area contributed by atoms with Gasteiger partial charge in [0, 0.05) is 19.8 Å². The van der Waals surface area contributed by atoms with Crippen LogP contribution in [0.15, 0.2) is 0 Å². The van der Waals surface area contributed by atoms with Gasteiger partial charge in [-0.05, 0) is 25.7 Å². The highest BCUT2D eigenvalue weighted by atomic mass is 16.5. The molecule has 1 aliphatic heterocycles. The Morgan fingerprint density at radius 2 is 2.40 bits per heavy atom. The molecule has 1 heterocycles. The number of nitrogens with one attached hydrogen (secondary N) is 1. The standard InChI is InChI=1S/C11H21NO3/c1-8(3-5-13)7-12-11(14)10-4-6-15-9(10)2/h8-10,13H,3-7H2,1-2H3,(H,12,14). The van der Waals surface area contributed by atoms with Crippen LogP contribution in [0.4, 0.5) is 0 Å². The molecule has 2 N–H and O–H groups in total. The predicted octanol–water partition coefficient (Wildman–Crippen LogP) is 0.546. The number of ether oxygens (including phenoxy) is 1. The molecule has 1 rings (SSSR count). The second kappa shape index (κ2) is 6.08. The monoisotopic (exact) mass is 215 g/mol. The van der Waals surface area contributed by atoms with Gasteiger partial charge in [0.05, 0.1) is 12.0 Å². The zero-order chi connectivity index (χ0) is 11.3. The summed E-state index contributed by atoms with van der Waals surface area (Å²) in [5, 5.41) is 11.6. The normalized spacial score (nSPS) is 27.7. The lowest BCUT2D eigenvalue weighted by atomic mass is 10.0. The molecular formula is C11H21NO3. The smallest absolute Gasteiger partial charge is 0.225 e. The van der Waals surface area contributed by atoms with Gasteiger partial charge in [0.25, 0.3) is 0 Å². The lowest BCUT2D eigenvalue weighted by Gasteiger charge is -2.16. The van der Waals surface area contributed by atoms with Crippen LogP contribution in [-0.2, 0) is 9.53 Å². The molecule has 15 heavy (non-hydrogen) atoms. The molecule has 0 aromatic carbocycles. The van der Waals surface area contributed by atoms with Crippen molar-refractivity contribution in [3.8, 4) is 0 Å². The van der Waals surface area contributed by atoms with Gasteiger partial charge in [-0.15, -0.1) is 0 Å².